The second-order valence-electron chi connectivity index (χ2n) is 4.17. The van der Waals surface area contributed by atoms with E-state index in [0.29, 0.717) is 29.7 Å². The average Bonchev–Trinajstić information content (AvgIpc) is 2.83. The predicted molar refractivity (Wildman–Crippen MR) is 74.6 cm³/mol. The van der Waals surface area contributed by atoms with Gasteiger partial charge in [0.25, 0.3) is 5.91 Å². The lowest BCUT2D eigenvalue weighted by Gasteiger charge is -2.18. The van der Waals surface area contributed by atoms with Crippen molar-refractivity contribution in [3.63, 3.8) is 0 Å². The van der Waals surface area contributed by atoms with Crippen molar-refractivity contribution in [2.24, 2.45) is 0 Å². The van der Waals surface area contributed by atoms with Crippen LogP contribution < -0.4 is 0 Å². The topological polar surface area (TPSA) is 36.1 Å². The molecule has 0 spiro atoms. The summed E-state index contributed by atoms with van der Waals surface area (Å²) in [6.45, 7) is 8.07. The molecule has 98 valence electrons. The number of benzene rings is 1. The van der Waals surface area contributed by atoms with Gasteiger partial charge in [-0.15, -0.1) is 13.2 Å². The van der Waals surface area contributed by atoms with Gasteiger partial charge >= 0.3 is 0 Å². The van der Waals surface area contributed by atoms with Crippen LogP contribution in [0, 0.1) is 5.82 Å². The van der Waals surface area contributed by atoms with Crippen LogP contribution in [0.1, 0.15) is 10.5 Å². The van der Waals surface area contributed by atoms with Crippen LogP contribution >= 0.6 is 0 Å². The van der Waals surface area contributed by atoms with Gasteiger partial charge in [0.05, 0.1) is 0 Å². The number of hydrogen-bond acceptors (Lipinski definition) is 1. The van der Waals surface area contributed by atoms with Crippen LogP contribution in [-0.2, 0) is 0 Å². The third-order valence-electron chi connectivity index (χ3n) is 2.83. The minimum Gasteiger partial charge on any atom is -0.350 e. The smallest absolute Gasteiger partial charge is 0.270 e. The van der Waals surface area contributed by atoms with Crippen molar-refractivity contribution in [1.29, 1.82) is 0 Å². The second-order valence-corrected chi connectivity index (χ2v) is 4.17. The Bertz CT molecular complexity index is 620. The Hall–Kier alpha value is -2.36. The van der Waals surface area contributed by atoms with Gasteiger partial charge in [0.2, 0.25) is 0 Å². The molecule has 0 aliphatic carbocycles. The van der Waals surface area contributed by atoms with Gasteiger partial charge in [-0.25, -0.2) is 4.39 Å². The number of aromatic amines is 1. The monoisotopic (exact) mass is 258 g/mol. The highest BCUT2D eigenvalue weighted by Crippen LogP contribution is 2.19. The average molecular weight is 258 g/mol. The first-order valence-electron chi connectivity index (χ1n) is 5.95. The highest BCUT2D eigenvalue weighted by molar-refractivity contribution is 5.98. The molecular formula is C15H15FN2O. The highest BCUT2D eigenvalue weighted by atomic mass is 19.1. The van der Waals surface area contributed by atoms with Crippen LogP contribution in [-0.4, -0.2) is 28.9 Å². The summed E-state index contributed by atoms with van der Waals surface area (Å²) in [7, 11) is 0. The van der Waals surface area contributed by atoms with Gasteiger partial charge in [0, 0.05) is 24.0 Å². The number of H-pyrrole nitrogens is 1. The van der Waals surface area contributed by atoms with E-state index < -0.39 is 0 Å². The van der Waals surface area contributed by atoms with Crippen LogP contribution in [0.3, 0.4) is 0 Å². The Morgan fingerprint density at radius 3 is 2.58 bits per heavy atom. The molecule has 1 amide bonds. The van der Waals surface area contributed by atoms with Crippen molar-refractivity contribution >= 4 is 16.8 Å². The lowest BCUT2D eigenvalue weighted by molar-refractivity contribution is 0.0786. The molecular weight excluding hydrogens is 243 g/mol. The number of fused-ring (bicyclic) bond motifs is 1. The maximum Gasteiger partial charge on any atom is 0.270 e. The van der Waals surface area contributed by atoms with Gasteiger partial charge in [-0.2, -0.15) is 0 Å². The molecule has 4 heteroatoms. The van der Waals surface area contributed by atoms with Crippen LogP contribution in [0.25, 0.3) is 10.9 Å². The zero-order valence-electron chi connectivity index (χ0n) is 10.5. The van der Waals surface area contributed by atoms with Gasteiger partial charge in [-0.05, 0) is 18.2 Å². The first-order chi connectivity index (χ1) is 9.17. The summed E-state index contributed by atoms with van der Waals surface area (Å²) in [5, 5.41) is 0.419. The first kappa shape index (κ1) is 13.1. The molecule has 0 aliphatic rings. The minimum absolute atomic E-state index is 0.199. The van der Waals surface area contributed by atoms with E-state index in [0.717, 1.165) is 0 Å². The molecule has 2 rings (SSSR count). The fourth-order valence-electron chi connectivity index (χ4n) is 1.96. The number of halogens is 1. The molecule has 1 N–H and O–H groups in total. The molecule has 3 nitrogen and oxygen atoms in total. The van der Waals surface area contributed by atoms with E-state index >= 15 is 0 Å². The summed E-state index contributed by atoms with van der Waals surface area (Å²) in [5.74, 6) is -0.540. The zero-order valence-corrected chi connectivity index (χ0v) is 10.5. The third-order valence-corrected chi connectivity index (χ3v) is 2.83. The van der Waals surface area contributed by atoms with E-state index in [9.17, 15) is 9.18 Å². The normalized spacial score (nSPS) is 10.4. The molecule has 0 aliphatic heterocycles. The minimum atomic E-state index is -0.341. The molecule has 0 radical (unpaired) electrons. The molecule has 19 heavy (non-hydrogen) atoms. The van der Waals surface area contributed by atoms with Gasteiger partial charge < -0.3 is 9.88 Å². The molecule has 0 bridgehead atoms. The van der Waals surface area contributed by atoms with Crippen LogP contribution in [0.15, 0.2) is 49.6 Å². The van der Waals surface area contributed by atoms with Crippen molar-refractivity contribution in [2.45, 2.75) is 0 Å². The fraction of sp³-hybridized carbons (Fsp3) is 0.133. The quantitative estimate of drug-likeness (QED) is 0.822. The standard InChI is InChI=1S/C15H15FN2O/c1-3-8-18(9-4-2)15(19)14-10-11-12(16)6-5-7-13(11)17-14/h3-7,10,17H,1-2,8-9H2. The van der Waals surface area contributed by atoms with E-state index in [1.54, 1.807) is 29.2 Å². The number of carbonyl (C=O) groups is 1. The number of amides is 1. The van der Waals surface area contributed by atoms with Gasteiger partial charge in [0.15, 0.2) is 0 Å². The molecule has 0 saturated heterocycles. The van der Waals surface area contributed by atoms with E-state index in [4.69, 9.17) is 0 Å². The number of rotatable bonds is 5. The summed E-state index contributed by atoms with van der Waals surface area (Å²) in [5.41, 5.74) is 0.976. The second kappa shape index (κ2) is 5.52. The highest BCUT2D eigenvalue weighted by Gasteiger charge is 2.16. The Labute approximate surface area is 111 Å². The molecule has 2 aromatic rings. The first-order valence-corrected chi connectivity index (χ1v) is 5.95. The van der Waals surface area contributed by atoms with E-state index in [1.165, 1.54) is 12.1 Å². The summed E-state index contributed by atoms with van der Waals surface area (Å²) >= 11 is 0. The molecule has 0 fully saturated rings. The van der Waals surface area contributed by atoms with Gasteiger partial charge in [-0.3, -0.25) is 4.79 Å². The molecule has 0 unspecified atom stereocenters. The summed E-state index contributed by atoms with van der Waals surface area (Å²) in [6, 6.07) is 6.25. The Kier molecular flexibility index (Phi) is 3.80. The van der Waals surface area contributed by atoms with Crippen molar-refractivity contribution in [3.05, 3.63) is 61.1 Å². The summed E-state index contributed by atoms with van der Waals surface area (Å²) < 4.78 is 13.6. The number of nitrogens with zero attached hydrogens (tertiary/aromatic N) is 1. The SMILES string of the molecule is C=CCN(CC=C)C(=O)c1cc2c(F)cccc2[nH]1. The van der Waals surface area contributed by atoms with E-state index in [2.05, 4.69) is 18.1 Å². The maximum atomic E-state index is 13.6. The van der Waals surface area contributed by atoms with Crippen molar-refractivity contribution in [1.82, 2.24) is 9.88 Å². The van der Waals surface area contributed by atoms with E-state index in [1.807, 2.05) is 0 Å². The van der Waals surface area contributed by atoms with Crippen molar-refractivity contribution in [2.75, 3.05) is 13.1 Å². The molecule has 1 aromatic carbocycles. The van der Waals surface area contributed by atoms with Crippen LogP contribution in [0.2, 0.25) is 0 Å². The lowest BCUT2D eigenvalue weighted by atomic mass is 10.2. The fourth-order valence-corrected chi connectivity index (χ4v) is 1.96. The number of aromatic nitrogens is 1. The Balaban J connectivity index is 2.37. The third kappa shape index (κ3) is 2.57. The molecule has 1 heterocycles. The summed E-state index contributed by atoms with van der Waals surface area (Å²) in [6.07, 6.45) is 3.29. The predicted octanol–water partition coefficient (Wildman–Crippen LogP) is 3.12. The largest absolute Gasteiger partial charge is 0.350 e. The Morgan fingerprint density at radius 2 is 2.00 bits per heavy atom. The number of hydrogen-bond donors (Lipinski definition) is 1. The summed E-state index contributed by atoms with van der Waals surface area (Å²) in [4.78, 5) is 16.8. The molecule has 0 atom stereocenters. The Morgan fingerprint density at radius 1 is 1.32 bits per heavy atom. The van der Waals surface area contributed by atoms with Crippen LogP contribution in [0.5, 0.6) is 0 Å². The van der Waals surface area contributed by atoms with Crippen molar-refractivity contribution < 1.29 is 9.18 Å². The number of nitrogens with one attached hydrogen (secondary N) is 1. The van der Waals surface area contributed by atoms with Gasteiger partial charge in [-0.1, -0.05) is 18.2 Å². The molecule has 1 aromatic heterocycles. The van der Waals surface area contributed by atoms with Crippen LogP contribution in [0.4, 0.5) is 4.39 Å². The van der Waals surface area contributed by atoms with E-state index in [-0.39, 0.29) is 11.7 Å². The maximum absolute atomic E-state index is 13.6. The molecule has 0 saturated carbocycles. The van der Waals surface area contributed by atoms with Gasteiger partial charge in [0.1, 0.15) is 11.5 Å². The van der Waals surface area contributed by atoms with Crippen molar-refractivity contribution in [3.8, 4) is 0 Å². The number of carbonyl (C=O) groups excluding carboxylic acids is 1. The zero-order chi connectivity index (χ0) is 13.8. The lowest BCUT2D eigenvalue weighted by Crippen LogP contribution is -2.31.